The molecule has 1 aromatic heterocycles. The van der Waals surface area contributed by atoms with Crippen molar-refractivity contribution in [2.45, 2.75) is 19.5 Å². The van der Waals surface area contributed by atoms with E-state index in [0.29, 0.717) is 6.42 Å². The molecule has 0 radical (unpaired) electrons. The van der Waals surface area contributed by atoms with Crippen LogP contribution in [0.3, 0.4) is 0 Å². The summed E-state index contributed by atoms with van der Waals surface area (Å²) in [5.74, 6) is -0.622. The van der Waals surface area contributed by atoms with Crippen LogP contribution < -0.4 is 5.73 Å². The van der Waals surface area contributed by atoms with Crippen LogP contribution in [0.1, 0.15) is 23.8 Å². The van der Waals surface area contributed by atoms with Crippen LogP contribution in [0.2, 0.25) is 0 Å². The topological polar surface area (TPSA) is 43.1 Å². The Morgan fingerprint density at radius 1 is 1.47 bits per heavy atom. The smallest absolute Gasteiger partial charge is 0.401 e. The highest BCUT2D eigenvalue weighted by atomic mass is 32.1. The van der Waals surface area contributed by atoms with Crippen LogP contribution >= 0.6 is 11.3 Å². The van der Waals surface area contributed by atoms with Crippen LogP contribution in [0.25, 0.3) is 5.57 Å². The fraction of sp³-hybridized carbons (Fsp3) is 0.364. The largest absolute Gasteiger partial charge is 0.417 e. The number of thiophene rings is 1. The number of alkyl halides is 3. The predicted molar refractivity (Wildman–Crippen MR) is 59.2 cm³/mol. The van der Waals surface area contributed by atoms with E-state index in [2.05, 4.69) is 0 Å². The van der Waals surface area contributed by atoms with Gasteiger partial charge in [-0.15, -0.1) is 11.3 Å². The minimum absolute atomic E-state index is 0.0515. The molecule has 0 spiro atoms. The van der Waals surface area contributed by atoms with Gasteiger partial charge in [-0.25, -0.2) is 0 Å². The maximum Gasteiger partial charge on any atom is 0.417 e. The maximum atomic E-state index is 12.7. The Morgan fingerprint density at radius 3 is 2.59 bits per heavy atom. The minimum atomic E-state index is -4.45. The first-order valence-electron chi connectivity index (χ1n) is 5.00. The lowest BCUT2D eigenvalue weighted by atomic mass is 10.0. The second kappa shape index (κ2) is 3.87. The van der Waals surface area contributed by atoms with Gasteiger partial charge in [0, 0.05) is 11.6 Å². The molecule has 0 amide bonds. The van der Waals surface area contributed by atoms with Gasteiger partial charge in [0.15, 0.2) is 5.78 Å². The summed E-state index contributed by atoms with van der Waals surface area (Å²) < 4.78 is 38.2. The van der Waals surface area contributed by atoms with Crippen molar-refractivity contribution < 1.29 is 18.0 Å². The number of hydrogen-bond donors (Lipinski definition) is 1. The number of rotatable bonds is 1. The monoisotopic (exact) mass is 261 g/mol. The van der Waals surface area contributed by atoms with Crippen molar-refractivity contribution in [3.05, 3.63) is 27.6 Å². The highest BCUT2D eigenvalue weighted by molar-refractivity contribution is 7.11. The van der Waals surface area contributed by atoms with Gasteiger partial charge >= 0.3 is 6.18 Å². The van der Waals surface area contributed by atoms with E-state index in [1.54, 1.807) is 6.92 Å². The molecule has 1 aliphatic rings. The highest BCUT2D eigenvalue weighted by Gasteiger charge is 2.39. The van der Waals surface area contributed by atoms with Gasteiger partial charge in [-0.05, 0) is 17.9 Å². The molecule has 1 unspecified atom stereocenters. The molecule has 92 valence electrons. The van der Waals surface area contributed by atoms with Crippen molar-refractivity contribution in [2.24, 2.45) is 11.7 Å². The molecule has 0 saturated carbocycles. The van der Waals surface area contributed by atoms with Gasteiger partial charge in [-0.1, -0.05) is 6.92 Å². The zero-order chi connectivity index (χ0) is 12.8. The number of carbonyl (C=O) groups excluding carboxylic acids is 1. The molecule has 2 nitrogen and oxygen atoms in total. The number of allylic oxidation sites excluding steroid dienone is 2. The van der Waals surface area contributed by atoms with E-state index < -0.39 is 11.7 Å². The molecule has 1 heterocycles. The summed E-state index contributed by atoms with van der Waals surface area (Å²) >= 11 is 0.905. The Labute approximate surface area is 99.9 Å². The van der Waals surface area contributed by atoms with Crippen LogP contribution in [0.4, 0.5) is 13.2 Å². The third-order valence-corrected chi connectivity index (χ3v) is 3.67. The van der Waals surface area contributed by atoms with Crippen LogP contribution in [0.5, 0.6) is 0 Å². The number of halogens is 3. The molecule has 0 aromatic carbocycles. The number of hydrogen-bond acceptors (Lipinski definition) is 3. The number of ketones is 1. The quantitative estimate of drug-likeness (QED) is 0.844. The number of nitrogens with two attached hydrogens (primary N) is 1. The Hall–Kier alpha value is -1.30. The second-order valence-corrected chi connectivity index (χ2v) is 4.95. The fourth-order valence-electron chi connectivity index (χ4n) is 1.91. The average Bonchev–Trinajstić information content (AvgIpc) is 2.73. The summed E-state index contributed by atoms with van der Waals surface area (Å²) in [4.78, 5) is 11.7. The van der Waals surface area contributed by atoms with Gasteiger partial charge in [-0.3, -0.25) is 4.79 Å². The van der Waals surface area contributed by atoms with E-state index in [-0.39, 0.29) is 27.8 Å². The van der Waals surface area contributed by atoms with E-state index >= 15 is 0 Å². The number of carbonyl (C=O) groups is 1. The number of Topliss-reactive ketones (excluding diaryl/α,β-unsaturated/α-hetero) is 1. The van der Waals surface area contributed by atoms with Crippen LogP contribution in [0, 0.1) is 5.92 Å². The molecule has 0 fully saturated rings. The van der Waals surface area contributed by atoms with Crippen molar-refractivity contribution in [1.29, 1.82) is 0 Å². The summed E-state index contributed by atoms with van der Waals surface area (Å²) in [5, 5.41) is 1.33. The lowest BCUT2D eigenvalue weighted by Gasteiger charge is -2.08. The van der Waals surface area contributed by atoms with E-state index in [1.807, 2.05) is 0 Å². The zero-order valence-corrected chi connectivity index (χ0v) is 9.78. The molecule has 2 rings (SSSR count). The van der Waals surface area contributed by atoms with E-state index in [4.69, 9.17) is 5.73 Å². The third kappa shape index (κ3) is 1.97. The minimum Gasteiger partial charge on any atom is -0.401 e. The van der Waals surface area contributed by atoms with Crippen LogP contribution in [0.15, 0.2) is 17.1 Å². The van der Waals surface area contributed by atoms with Crippen molar-refractivity contribution in [3.8, 4) is 0 Å². The second-order valence-electron chi connectivity index (χ2n) is 4.03. The van der Waals surface area contributed by atoms with Gasteiger partial charge in [0.05, 0.1) is 16.0 Å². The molecule has 17 heavy (non-hydrogen) atoms. The Kier molecular flexibility index (Phi) is 2.77. The van der Waals surface area contributed by atoms with Crippen molar-refractivity contribution in [1.82, 2.24) is 0 Å². The molecular formula is C11H10F3NOS. The van der Waals surface area contributed by atoms with Crippen LogP contribution in [-0.2, 0) is 11.0 Å². The fourth-order valence-corrected chi connectivity index (χ4v) is 2.91. The van der Waals surface area contributed by atoms with E-state index in [9.17, 15) is 18.0 Å². The van der Waals surface area contributed by atoms with Crippen LogP contribution in [-0.4, -0.2) is 5.78 Å². The summed E-state index contributed by atoms with van der Waals surface area (Å²) in [6.45, 7) is 1.67. The molecule has 6 heteroatoms. The molecule has 1 atom stereocenters. The van der Waals surface area contributed by atoms with E-state index in [1.165, 1.54) is 5.38 Å². The summed E-state index contributed by atoms with van der Waals surface area (Å²) in [5.41, 5.74) is 5.20. The predicted octanol–water partition coefficient (Wildman–Crippen LogP) is 3.05. The Morgan fingerprint density at radius 2 is 2.12 bits per heavy atom. The Bertz CT molecular complexity index is 501. The van der Waals surface area contributed by atoms with Gasteiger partial charge in [0.1, 0.15) is 0 Å². The molecular weight excluding hydrogens is 251 g/mol. The van der Waals surface area contributed by atoms with Gasteiger partial charge in [0.2, 0.25) is 0 Å². The maximum absolute atomic E-state index is 12.7. The Balaban J connectivity index is 2.53. The van der Waals surface area contributed by atoms with Crippen molar-refractivity contribution >= 4 is 22.7 Å². The first-order valence-corrected chi connectivity index (χ1v) is 5.88. The molecule has 0 aliphatic heterocycles. The molecule has 1 aromatic rings. The van der Waals surface area contributed by atoms with Gasteiger partial charge in [0.25, 0.3) is 0 Å². The highest BCUT2D eigenvalue weighted by Crippen LogP contribution is 2.42. The molecule has 1 aliphatic carbocycles. The molecule has 0 saturated heterocycles. The first kappa shape index (κ1) is 12.2. The summed E-state index contributed by atoms with van der Waals surface area (Å²) in [6, 6.07) is 0.983. The zero-order valence-electron chi connectivity index (χ0n) is 8.97. The molecule has 2 N–H and O–H groups in total. The lowest BCUT2D eigenvalue weighted by Crippen LogP contribution is -2.10. The molecule has 0 bridgehead atoms. The SMILES string of the molecule is CC1CC(N)=C(c2sccc2C(F)(F)F)C1=O. The normalized spacial score (nSPS) is 21.4. The average molecular weight is 261 g/mol. The van der Waals surface area contributed by atoms with E-state index in [0.717, 1.165) is 17.4 Å². The van der Waals surface area contributed by atoms with Gasteiger partial charge < -0.3 is 5.73 Å². The summed E-state index contributed by atoms with van der Waals surface area (Å²) in [6.07, 6.45) is -4.11. The third-order valence-electron chi connectivity index (χ3n) is 2.74. The first-order chi connectivity index (χ1) is 7.82. The lowest BCUT2D eigenvalue weighted by molar-refractivity contribution is -0.137. The van der Waals surface area contributed by atoms with Crippen molar-refractivity contribution in [3.63, 3.8) is 0 Å². The summed E-state index contributed by atoms with van der Waals surface area (Å²) in [7, 11) is 0. The van der Waals surface area contributed by atoms with Gasteiger partial charge in [-0.2, -0.15) is 13.2 Å². The van der Waals surface area contributed by atoms with Crippen molar-refractivity contribution in [2.75, 3.05) is 0 Å². The standard InChI is InChI=1S/C11H10F3NOS/c1-5-4-7(15)8(9(5)16)10-6(2-3-17-10)11(12,13)14/h2-3,5H,4,15H2,1H3.